The molecule has 4 atom stereocenters. The summed E-state index contributed by atoms with van der Waals surface area (Å²) < 4.78 is 39.7. The number of fused-ring (bicyclic) bond motifs is 3. The van der Waals surface area contributed by atoms with E-state index in [1.54, 1.807) is 13.8 Å². The molecule has 0 N–H and O–H groups in total. The maximum Gasteiger partial charge on any atom is 0.426 e. The second-order valence-electron chi connectivity index (χ2n) is 9.14. The number of halogens is 4. The average molecular weight is 387 g/mol. The van der Waals surface area contributed by atoms with Crippen LogP contribution in [-0.4, -0.2) is 21.9 Å². The summed E-state index contributed by atoms with van der Waals surface area (Å²) in [7, 11) is 0. The summed E-state index contributed by atoms with van der Waals surface area (Å²) >= 11 is 5.39. The lowest BCUT2D eigenvalue weighted by atomic mass is 9.98. The number of hydrogen-bond donors (Lipinski definition) is 0. The normalized spacial score (nSPS) is 33.7. The maximum atomic E-state index is 13.1. The molecule has 0 amide bonds. The molecule has 1 aromatic rings. The predicted octanol–water partition coefficient (Wildman–Crippen LogP) is 5.08. The van der Waals surface area contributed by atoms with Gasteiger partial charge >= 0.3 is 6.18 Å². The van der Waals surface area contributed by atoms with Crippen LogP contribution in [0.3, 0.4) is 0 Å². The number of rotatable bonds is 2. The van der Waals surface area contributed by atoms with E-state index in [9.17, 15) is 18.0 Å². The van der Waals surface area contributed by atoms with Gasteiger partial charge in [-0.3, -0.25) is 4.79 Å². The molecular weight excluding hydrogens is 365 g/mol. The van der Waals surface area contributed by atoms with Crippen molar-refractivity contribution in [1.29, 1.82) is 0 Å². The van der Waals surface area contributed by atoms with Crippen LogP contribution in [0.5, 0.6) is 0 Å². The standard InChI is InChI=1S/C19H22ClF3N2O/c1-8-13-11(6-9-14(13)17(9,2)3)25(24-8)16(26)15-10(18(15,4)5)7-12(20)19(21,22)23/h7,9-10,14-15H,6H2,1-5H3/b12-7-/t9-,10+,14-,15+/m1/s1. The largest absolute Gasteiger partial charge is 0.426 e. The first-order valence-electron chi connectivity index (χ1n) is 8.86. The molecule has 3 aliphatic carbocycles. The Labute approximate surface area is 155 Å². The summed E-state index contributed by atoms with van der Waals surface area (Å²) in [5, 5.41) is 3.30. The summed E-state index contributed by atoms with van der Waals surface area (Å²) in [6.45, 7) is 9.97. The van der Waals surface area contributed by atoms with Gasteiger partial charge in [-0.15, -0.1) is 0 Å². The fourth-order valence-electron chi connectivity index (χ4n) is 5.12. The minimum Gasteiger partial charge on any atom is -0.272 e. The van der Waals surface area contributed by atoms with E-state index < -0.39 is 28.5 Å². The quantitative estimate of drug-likeness (QED) is 0.710. The molecule has 0 aliphatic heterocycles. The number of aromatic nitrogens is 2. The molecule has 0 bridgehead atoms. The molecule has 7 heteroatoms. The van der Waals surface area contributed by atoms with Gasteiger partial charge in [0.25, 0.3) is 5.91 Å². The van der Waals surface area contributed by atoms with Gasteiger partial charge < -0.3 is 0 Å². The Hall–Kier alpha value is -1.30. The first-order valence-corrected chi connectivity index (χ1v) is 9.24. The summed E-state index contributed by atoms with van der Waals surface area (Å²) in [6, 6.07) is 0. The zero-order valence-electron chi connectivity index (χ0n) is 15.4. The number of hydrogen-bond acceptors (Lipinski definition) is 2. The fourth-order valence-corrected chi connectivity index (χ4v) is 5.26. The summed E-state index contributed by atoms with van der Waals surface area (Å²) in [5.41, 5.74) is 2.68. The second-order valence-corrected chi connectivity index (χ2v) is 9.55. The van der Waals surface area contributed by atoms with Gasteiger partial charge in [0.2, 0.25) is 0 Å². The Morgan fingerprint density at radius 3 is 2.46 bits per heavy atom. The molecule has 26 heavy (non-hydrogen) atoms. The first-order chi connectivity index (χ1) is 11.8. The van der Waals surface area contributed by atoms with E-state index in [0.29, 0.717) is 11.8 Å². The Morgan fingerprint density at radius 1 is 1.27 bits per heavy atom. The topological polar surface area (TPSA) is 34.9 Å². The van der Waals surface area contributed by atoms with E-state index in [-0.39, 0.29) is 11.3 Å². The highest BCUT2D eigenvalue weighted by atomic mass is 35.5. The smallest absolute Gasteiger partial charge is 0.272 e. The van der Waals surface area contributed by atoms with Gasteiger partial charge in [-0.05, 0) is 41.9 Å². The van der Waals surface area contributed by atoms with Crippen LogP contribution in [0, 0.1) is 35.5 Å². The van der Waals surface area contributed by atoms with E-state index in [2.05, 4.69) is 18.9 Å². The molecule has 0 spiro atoms. The van der Waals surface area contributed by atoms with E-state index in [0.717, 1.165) is 23.9 Å². The molecule has 0 saturated heterocycles. The van der Waals surface area contributed by atoms with Crippen molar-refractivity contribution < 1.29 is 18.0 Å². The van der Waals surface area contributed by atoms with Crippen molar-refractivity contribution in [2.24, 2.45) is 28.6 Å². The molecule has 142 valence electrons. The predicted molar refractivity (Wildman–Crippen MR) is 92.1 cm³/mol. The fraction of sp³-hybridized carbons (Fsp3) is 0.684. The zero-order chi connectivity index (χ0) is 19.4. The van der Waals surface area contributed by atoms with Crippen LogP contribution in [0.15, 0.2) is 11.1 Å². The van der Waals surface area contributed by atoms with Crippen molar-refractivity contribution in [2.45, 2.75) is 53.1 Å². The average Bonchev–Trinajstić information content (AvgIpc) is 3.05. The summed E-state index contributed by atoms with van der Waals surface area (Å²) in [5.74, 6) is -0.299. The number of nitrogens with zero attached hydrogens (tertiary/aromatic N) is 2. The van der Waals surface area contributed by atoms with Gasteiger partial charge in [-0.1, -0.05) is 45.4 Å². The molecule has 3 aliphatic rings. The van der Waals surface area contributed by atoms with E-state index >= 15 is 0 Å². The third-order valence-corrected chi connectivity index (χ3v) is 7.30. The van der Waals surface area contributed by atoms with Gasteiger partial charge in [-0.2, -0.15) is 18.3 Å². The van der Waals surface area contributed by atoms with Gasteiger partial charge in [0, 0.05) is 5.56 Å². The molecular formula is C19H22ClF3N2O. The van der Waals surface area contributed by atoms with Crippen molar-refractivity contribution in [3.63, 3.8) is 0 Å². The Kier molecular flexibility index (Phi) is 3.44. The SMILES string of the molecule is Cc1nn(C(=O)[C@@H]2[C@H](/C=C(\Cl)C(F)(F)F)C2(C)C)c2c1[C@H]1[C@@H](C2)C1(C)C. The van der Waals surface area contributed by atoms with Crippen LogP contribution in [0.2, 0.25) is 0 Å². The number of carbonyl (C=O) groups excluding carboxylic acids is 1. The van der Waals surface area contributed by atoms with Crippen molar-refractivity contribution >= 4 is 17.5 Å². The molecule has 0 unspecified atom stereocenters. The highest BCUT2D eigenvalue weighted by Gasteiger charge is 2.66. The minimum absolute atomic E-state index is 0.216. The third kappa shape index (κ3) is 2.26. The lowest BCUT2D eigenvalue weighted by Crippen LogP contribution is -2.20. The summed E-state index contributed by atoms with van der Waals surface area (Å²) in [6.07, 6.45) is -2.78. The lowest BCUT2D eigenvalue weighted by Gasteiger charge is -2.10. The molecule has 2 saturated carbocycles. The Balaban J connectivity index is 1.63. The molecule has 1 aromatic heterocycles. The zero-order valence-corrected chi connectivity index (χ0v) is 16.2. The van der Waals surface area contributed by atoms with Gasteiger partial charge in [-0.25, -0.2) is 4.68 Å². The van der Waals surface area contributed by atoms with Crippen LogP contribution >= 0.6 is 11.6 Å². The van der Waals surface area contributed by atoms with Crippen molar-refractivity contribution in [2.75, 3.05) is 0 Å². The number of aryl methyl sites for hydroxylation is 1. The van der Waals surface area contributed by atoms with Crippen molar-refractivity contribution in [3.05, 3.63) is 28.1 Å². The molecule has 4 rings (SSSR count). The Bertz CT molecular complexity index is 850. The number of alkyl halides is 3. The number of allylic oxidation sites excluding steroid dienone is 2. The van der Waals surface area contributed by atoms with E-state index in [1.165, 1.54) is 10.2 Å². The molecule has 1 heterocycles. The van der Waals surface area contributed by atoms with Crippen LogP contribution in [0.4, 0.5) is 13.2 Å². The molecule has 2 fully saturated rings. The highest BCUT2D eigenvalue weighted by Crippen LogP contribution is 2.70. The van der Waals surface area contributed by atoms with Crippen molar-refractivity contribution in [1.82, 2.24) is 9.78 Å². The second kappa shape index (κ2) is 4.94. The highest BCUT2D eigenvalue weighted by molar-refractivity contribution is 6.30. The van der Waals surface area contributed by atoms with Crippen LogP contribution in [0.1, 0.15) is 55.4 Å². The Morgan fingerprint density at radius 2 is 1.88 bits per heavy atom. The summed E-state index contributed by atoms with van der Waals surface area (Å²) in [4.78, 5) is 13.1. The van der Waals surface area contributed by atoms with Gasteiger partial charge in [0.05, 0.1) is 17.3 Å². The first kappa shape index (κ1) is 18.1. The molecule has 0 aromatic carbocycles. The monoisotopic (exact) mass is 386 g/mol. The molecule has 3 nitrogen and oxygen atoms in total. The van der Waals surface area contributed by atoms with Gasteiger partial charge in [0.1, 0.15) is 5.03 Å². The van der Waals surface area contributed by atoms with Crippen LogP contribution in [-0.2, 0) is 6.42 Å². The maximum absolute atomic E-state index is 13.1. The van der Waals surface area contributed by atoms with Crippen LogP contribution in [0.25, 0.3) is 0 Å². The van der Waals surface area contributed by atoms with Crippen molar-refractivity contribution in [3.8, 4) is 0 Å². The van der Waals surface area contributed by atoms with E-state index in [1.807, 2.05) is 6.92 Å². The van der Waals surface area contributed by atoms with Gasteiger partial charge in [0.15, 0.2) is 0 Å². The minimum atomic E-state index is -4.58. The molecule has 0 radical (unpaired) electrons. The van der Waals surface area contributed by atoms with Crippen LogP contribution < -0.4 is 0 Å². The number of carbonyl (C=O) groups is 1. The lowest BCUT2D eigenvalue weighted by molar-refractivity contribution is -0.0848. The van der Waals surface area contributed by atoms with E-state index in [4.69, 9.17) is 11.6 Å². The third-order valence-electron chi connectivity index (χ3n) is 6.96.